The molecule has 0 bridgehead atoms. The van der Waals surface area contributed by atoms with E-state index in [0.29, 0.717) is 17.8 Å². The van der Waals surface area contributed by atoms with Gasteiger partial charge in [0.1, 0.15) is 0 Å². The Morgan fingerprint density at radius 3 is 2.65 bits per heavy atom. The van der Waals surface area contributed by atoms with Crippen LogP contribution in [0.1, 0.15) is 73.1 Å². The first-order valence-corrected chi connectivity index (χ1v) is 10.4. The number of isothiocyanates is 1. The number of aliphatic imine (C=N–C) groups is 1. The maximum atomic E-state index is 7.79. The maximum absolute atomic E-state index is 7.79. The van der Waals surface area contributed by atoms with E-state index in [0.717, 1.165) is 38.5 Å². The van der Waals surface area contributed by atoms with Crippen LogP contribution in [0.5, 0.6) is 0 Å². The molecule has 6 atom stereocenters. The van der Waals surface area contributed by atoms with Gasteiger partial charge < -0.3 is 9.58 Å². The molecule has 2 aliphatic carbocycles. The fraction of sp³-hybridized carbons (Fsp3) is 0.818. The summed E-state index contributed by atoms with van der Waals surface area (Å²) in [4.78, 5) is 8.46. The molecular weight excluding hydrogens is 340 g/mol. The predicted molar refractivity (Wildman–Crippen MR) is 109 cm³/mol. The Morgan fingerprint density at radius 1 is 1.27 bits per heavy atom. The second kappa shape index (κ2) is 6.86. The average molecular weight is 373 g/mol. The number of ether oxygens (including phenoxy) is 1. The largest absolute Gasteiger partial charge is 0.369 e. The molecule has 0 aromatic rings. The lowest BCUT2D eigenvalue weighted by atomic mass is 9.56. The normalized spacial score (nSPS) is 43.0. The van der Waals surface area contributed by atoms with Gasteiger partial charge in [0, 0.05) is 19.3 Å². The van der Waals surface area contributed by atoms with Gasteiger partial charge in [-0.05, 0) is 83.9 Å². The molecule has 0 aromatic heterocycles. The first-order valence-electron chi connectivity index (χ1n) is 9.98. The van der Waals surface area contributed by atoms with Crippen molar-refractivity contribution in [2.24, 2.45) is 22.7 Å². The topological polar surface area (TPSA) is 25.9 Å². The zero-order valence-electron chi connectivity index (χ0n) is 16.8. The van der Waals surface area contributed by atoms with Crippen LogP contribution in [-0.4, -0.2) is 27.9 Å². The van der Waals surface area contributed by atoms with Gasteiger partial charge in [-0.2, -0.15) is 0 Å². The molecule has 3 aliphatic rings. The minimum Gasteiger partial charge on any atom is -0.369 e. The summed E-state index contributed by atoms with van der Waals surface area (Å²) in [6.07, 6.45) is 8.97. The predicted octanol–water partition coefficient (Wildman–Crippen LogP) is 5.87. The van der Waals surface area contributed by atoms with E-state index < -0.39 is 0 Å². The van der Waals surface area contributed by atoms with Gasteiger partial charge >= 0.3 is 0 Å². The molecule has 0 N–H and O–H groups in total. The van der Waals surface area contributed by atoms with E-state index in [1.165, 1.54) is 5.57 Å². The van der Waals surface area contributed by atoms with Crippen LogP contribution in [0.2, 0.25) is 0 Å². The molecule has 2 fully saturated rings. The molecule has 3 nitrogen and oxygen atoms in total. The SMILES string of the molecule is [C-]#[N+][C@@]1(C)CC[C@H]([C@@]2(C)CC[C@@H](C(C)(C)N=C=S)O2)[C@H]2C=C(C)CC[C@@H]21. The number of nitrogens with zero attached hydrogens (tertiary/aromatic N) is 2. The van der Waals surface area contributed by atoms with Crippen LogP contribution in [0, 0.1) is 24.3 Å². The highest BCUT2D eigenvalue weighted by Gasteiger charge is 2.58. The highest BCUT2D eigenvalue weighted by atomic mass is 32.1. The monoisotopic (exact) mass is 372 g/mol. The molecule has 3 rings (SSSR count). The second-order valence-corrected chi connectivity index (χ2v) is 9.85. The van der Waals surface area contributed by atoms with Crippen LogP contribution < -0.4 is 0 Å². The Morgan fingerprint density at radius 2 is 2.00 bits per heavy atom. The van der Waals surface area contributed by atoms with Crippen molar-refractivity contribution in [1.29, 1.82) is 0 Å². The Labute approximate surface area is 164 Å². The molecule has 1 heterocycles. The molecule has 1 aliphatic heterocycles. The lowest BCUT2D eigenvalue weighted by Gasteiger charge is -2.49. The summed E-state index contributed by atoms with van der Waals surface area (Å²) in [6, 6.07) is 0. The van der Waals surface area contributed by atoms with Gasteiger partial charge in [0.2, 0.25) is 5.54 Å². The highest BCUT2D eigenvalue weighted by molar-refractivity contribution is 7.78. The molecule has 1 saturated heterocycles. The molecule has 4 heteroatoms. The standard InChI is InChI=1S/C22H32N2OS/c1-15-7-8-17-16(13-15)18(9-11-21(17,4)23-6)22(5)12-10-19(25-22)20(2,3)24-14-26/h13,16-19H,7-12H2,1-5H3/t16-,17-,18-,19-,21-,22+/m0/s1. The fourth-order valence-electron chi connectivity index (χ4n) is 5.72. The minimum absolute atomic E-state index is 0.0873. The Hall–Kier alpha value is -1.01. The minimum atomic E-state index is -0.322. The van der Waals surface area contributed by atoms with Crippen molar-refractivity contribution < 1.29 is 4.74 Å². The van der Waals surface area contributed by atoms with Crippen LogP contribution >= 0.6 is 12.2 Å². The van der Waals surface area contributed by atoms with Crippen molar-refractivity contribution in [2.75, 3.05) is 0 Å². The molecule has 142 valence electrons. The maximum Gasteiger partial charge on any atom is 0.233 e. The second-order valence-electron chi connectivity index (χ2n) is 9.66. The summed E-state index contributed by atoms with van der Waals surface area (Å²) in [5, 5.41) is 2.55. The lowest BCUT2D eigenvalue weighted by molar-refractivity contribution is -0.115. The lowest BCUT2D eigenvalue weighted by Crippen LogP contribution is -2.52. The summed E-state index contributed by atoms with van der Waals surface area (Å²) in [7, 11) is 0. The van der Waals surface area contributed by atoms with Crippen LogP contribution in [0.3, 0.4) is 0 Å². The number of allylic oxidation sites excluding steroid dienone is 2. The molecule has 0 unspecified atom stereocenters. The fourth-order valence-corrected chi connectivity index (χ4v) is 5.96. The Bertz CT molecular complexity index is 687. The average Bonchev–Trinajstić information content (AvgIpc) is 2.99. The third kappa shape index (κ3) is 3.31. The molecule has 0 radical (unpaired) electrons. The van der Waals surface area contributed by atoms with Gasteiger partial charge in [0.15, 0.2) is 0 Å². The number of hydrogen-bond donors (Lipinski definition) is 0. The Kier molecular flexibility index (Phi) is 5.21. The third-order valence-electron chi connectivity index (χ3n) is 7.49. The molecule has 0 amide bonds. The first kappa shape index (κ1) is 19.7. The Balaban J connectivity index is 1.88. The van der Waals surface area contributed by atoms with Crippen molar-refractivity contribution in [1.82, 2.24) is 0 Å². The molecule has 1 saturated carbocycles. The van der Waals surface area contributed by atoms with Crippen molar-refractivity contribution >= 4 is 17.4 Å². The molecule has 0 spiro atoms. The van der Waals surface area contributed by atoms with Crippen LogP contribution in [0.4, 0.5) is 0 Å². The van der Waals surface area contributed by atoms with Gasteiger partial charge in [0.05, 0.1) is 22.4 Å². The summed E-state index contributed by atoms with van der Waals surface area (Å²) < 4.78 is 6.71. The summed E-state index contributed by atoms with van der Waals surface area (Å²) in [5.74, 6) is 1.39. The number of fused-ring (bicyclic) bond motifs is 1. The van der Waals surface area contributed by atoms with Crippen molar-refractivity contribution in [3.63, 3.8) is 0 Å². The summed E-state index contributed by atoms with van der Waals surface area (Å²) >= 11 is 4.84. The molecule has 0 aromatic carbocycles. The van der Waals surface area contributed by atoms with Crippen molar-refractivity contribution in [3.05, 3.63) is 23.1 Å². The number of thiocarbonyl (C=S) groups is 1. The molecular formula is C22H32N2OS. The quantitative estimate of drug-likeness (QED) is 0.268. The summed E-state index contributed by atoms with van der Waals surface area (Å²) in [5.41, 5.74) is 0.804. The van der Waals surface area contributed by atoms with Crippen LogP contribution in [0.15, 0.2) is 16.6 Å². The third-order valence-corrected chi connectivity index (χ3v) is 7.58. The van der Waals surface area contributed by atoms with E-state index in [2.05, 4.69) is 55.7 Å². The van der Waals surface area contributed by atoms with Crippen molar-refractivity contribution in [3.8, 4) is 0 Å². The zero-order valence-corrected chi connectivity index (χ0v) is 17.7. The van der Waals surface area contributed by atoms with Gasteiger partial charge in [-0.15, -0.1) is 0 Å². The van der Waals surface area contributed by atoms with Crippen LogP contribution in [0.25, 0.3) is 4.85 Å². The van der Waals surface area contributed by atoms with E-state index in [1.54, 1.807) is 0 Å². The van der Waals surface area contributed by atoms with Gasteiger partial charge in [-0.25, -0.2) is 11.6 Å². The van der Waals surface area contributed by atoms with E-state index in [1.807, 2.05) is 0 Å². The smallest absolute Gasteiger partial charge is 0.233 e. The highest BCUT2D eigenvalue weighted by Crippen LogP contribution is 2.55. The number of rotatable bonds is 3. The van der Waals surface area contributed by atoms with E-state index in [-0.39, 0.29) is 22.8 Å². The van der Waals surface area contributed by atoms with Crippen LogP contribution in [-0.2, 0) is 4.74 Å². The van der Waals surface area contributed by atoms with E-state index in [9.17, 15) is 0 Å². The van der Waals surface area contributed by atoms with E-state index >= 15 is 0 Å². The van der Waals surface area contributed by atoms with Gasteiger partial charge in [-0.1, -0.05) is 11.6 Å². The van der Waals surface area contributed by atoms with Crippen molar-refractivity contribution in [2.45, 2.75) is 95.9 Å². The van der Waals surface area contributed by atoms with E-state index in [4.69, 9.17) is 23.5 Å². The zero-order chi connectivity index (χ0) is 19.2. The summed E-state index contributed by atoms with van der Waals surface area (Å²) in [6.45, 7) is 18.7. The van der Waals surface area contributed by atoms with Gasteiger partial charge in [-0.3, -0.25) is 0 Å². The van der Waals surface area contributed by atoms with Gasteiger partial charge in [0.25, 0.3) is 0 Å². The number of hydrogen-bond acceptors (Lipinski definition) is 3. The molecule has 26 heavy (non-hydrogen) atoms. The first-order chi connectivity index (χ1) is 12.1.